The summed E-state index contributed by atoms with van der Waals surface area (Å²) >= 11 is 0. The SMILES string of the molecule is Cc1cc(C)cc(N2CC(C(=O)NCCCc3ccccc3)CC2=O)c1. The van der Waals surface area contributed by atoms with E-state index in [0.717, 1.165) is 29.7 Å². The summed E-state index contributed by atoms with van der Waals surface area (Å²) < 4.78 is 0. The van der Waals surface area contributed by atoms with E-state index in [0.29, 0.717) is 13.1 Å². The molecule has 4 heteroatoms. The van der Waals surface area contributed by atoms with Crippen molar-refractivity contribution in [2.75, 3.05) is 18.0 Å². The molecule has 4 nitrogen and oxygen atoms in total. The molecule has 2 aromatic rings. The highest BCUT2D eigenvalue weighted by Gasteiger charge is 2.35. The first-order valence-corrected chi connectivity index (χ1v) is 9.23. The van der Waals surface area contributed by atoms with Crippen LogP contribution in [0.15, 0.2) is 48.5 Å². The van der Waals surface area contributed by atoms with E-state index in [1.165, 1.54) is 5.56 Å². The Morgan fingerprint density at radius 1 is 1.12 bits per heavy atom. The quantitative estimate of drug-likeness (QED) is 0.812. The van der Waals surface area contributed by atoms with E-state index in [1.807, 2.05) is 44.2 Å². The number of carbonyl (C=O) groups is 2. The molecule has 136 valence electrons. The molecule has 0 spiro atoms. The van der Waals surface area contributed by atoms with E-state index in [1.54, 1.807) is 4.90 Å². The Bertz CT molecular complexity index is 766. The third kappa shape index (κ3) is 4.51. The van der Waals surface area contributed by atoms with E-state index >= 15 is 0 Å². The molecule has 1 N–H and O–H groups in total. The molecule has 0 radical (unpaired) electrons. The van der Waals surface area contributed by atoms with Crippen molar-refractivity contribution in [1.29, 1.82) is 0 Å². The third-order valence-electron chi connectivity index (χ3n) is 4.80. The molecule has 0 aromatic heterocycles. The predicted molar refractivity (Wildman–Crippen MR) is 104 cm³/mol. The highest BCUT2D eigenvalue weighted by atomic mass is 16.2. The monoisotopic (exact) mass is 350 g/mol. The summed E-state index contributed by atoms with van der Waals surface area (Å²) in [6.07, 6.45) is 2.13. The maximum absolute atomic E-state index is 12.4. The Hall–Kier alpha value is -2.62. The van der Waals surface area contributed by atoms with Crippen LogP contribution < -0.4 is 10.2 Å². The number of aryl methyl sites for hydroxylation is 3. The van der Waals surface area contributed by atoms with Crippen molar-refractivity contribution in [1.82, 2.24) is 5.32 Å². The Kier molecular flexibility index (Phi) is 5.71. The van der Waals surface area contributed by atoms with Crippen LogP contribution in [-0.4, -0.2) is 24.9 Å². The Balaban J connectivity index is 1.50. The second-order valence-corrected chi connectivity index (χ2v) is 7.13. The summed E-state index contributed by atoms with van der Waals surface area (Å²) in [6, 6.07) is 16.3. The van der Waals surface area contributed by atoms with Gasteiger partial charge in [0.25, 0.3) is 0 Å². The van der Waals surface area contributed by atoms with Crippen molar-refractivity contribution >= 4 is 17.5 Å². The van der Waals surface area contributed by atoms with Crippen LogP contribution in [0.4, 0.5) is 5.69 Å². The number of hydrogen-bond donors (Lipinski definition) is 1. The van der Waals surface area contributed by atoms with E-state index in [4.69, 9.17) is 0 Å². The molecule has 1 unspecified atom stereocenters. The largest absolute Gasteiger partial charge is 0.356 e. The van der Waals surface area contributed by atoms with Gasteiger partial charge in [-0.25, -0.2) is 0 Å². The summed E-state index contributed by atoms with van der Waals surface area (Å²) in [5.74, 6) is -0.252. The number of nitrogens with zero attached hydrogens (tertiary/aromatic N) is 1. The first-order valence-electron chi connectivity index (χ1n) is 9.23. The van der Waals surface area contributed by atoms with Crippen LogP contribution in [0, 0.1) is 19.8 Å². The molecule has 3 rings (SSSR count). The molecule has 1 atom stereocenters. The number of carbonyl (C=O) groups excluding carboxylic acids is 2. The standard InChI is InChI=1S/C22H26N2O2/c1-16-11-17(2)13-20(12-16)24-15-19(14-21(24)25)22(26)23-10-6-9-18-7-4-3-5-8-18/h3-5,7-8,11-13,19H,6,9-10,14-15H2,1-2H3,(H,23,26). The van der Waals surface area contributed by atoms with Gasteiger partial charge in [0.15, 0.2) is 0 Å². The lowest BCUT2D eigenvalue weighted by Crippen LogP contribution is -2.33. The second kappa shape index (κ2) is 8.17. The Morgan fingerprint density at radius 3 is 2.50 bits per heavy atom. The molecule has 26 heavy (non-hydrogen) atoms. The number of amides is 2. The van der Waals surface area contributed by atoms with Crippen LogP contribution in [-0.2, 0) is 16.0 Å². The van der Waals surface area contributed by atoms with Crippen molar-refractivity contribution in [3.05, 3.63) is 65.2 Å². The lowest BCUT2D eigenvalue weighted by atomic mass is 10.1. The summed E-state index contributed by atoms with van der Waals surface area (Å²) in [5.41, 5.74) is 4.42. The lowest BCUT2D eigenvalue weighted by Gasteiger charge is -2.18. The van der Waals surface area contributed by atoms with Gasteiger partial charge in [-0.05, 0) is 55.5 Å². The molecule has 2 amide bonds. The van der Waals surface area contributed by atoms with Crippen LogP contribution in [0.25, 0.3) is 0 Å². The van der Waals surface area contributed by atoms with E-state index in [2.05, 4.69) is 23.5 Å². The fraction of sp³-hybridized carbons (Fsp3) is 0.364. The topological polar surface area (TPSA) is 49.4 Å². The molecule has 1 saturated heterocycles. The zero-order valence-corrected chi connectivity index (χ0v) is 15.5. The number of hydrogen-bond acceptors (Lipinski definition) is 2. The second-order valence-electron chi connectivity index (χ2n) is 7.13. The number of benzene rings is 2. The Morgan fingerprint density at radius 2 is 1.81 bits per heavy atom. The van der Waals surface area contributed by atoms with Crippen molar-refractivity contribution in [2.24, 2.45) is 5.92 Å². The van der Waals surface area contributed by atoms with Crippen LogP contribution in [0.1, 0.15) is 29.5 Å². The minimum atomic E-state index is -0.264. The van der Waals surface area contributed by atoms with Crippen LogP contribution >= 0.6 is 0 Å². The minimum Gasteiger partial charge on any atom is -0.356 e. The molecule has 0 saturated carbocycles. The zero-order chi connectivity index (χ0) is 18.5. The number of anilines is 1. The van der Waals surface area contributed by atoms with Crippen molar-refractivity contribution in [3.63, 3.8) is 0 Å². The fourth-order valence-electron chi connectivity index (χ4n) is 3.53. The smallest absolute Gasteiger partial charge is 0.227 e. The normalized spacial score (nSPS) is 16.8. The van der Waals surface area contributed by atoms with Gasteiger partial charge in [0.1, 0.15) is 0 Å². The Labute approximate surface area is 155 Å². The van der Waals surface area contributed by atoms with Gasteiger partial charge in [-0.1, -0.05) is 36.4 Å². The predicted octanol–water partition coefficient (Wildman–Crippen LogP) is 3.41. The third-order valence-corrected chi connectivity index (χ3v) is 4.80. The maximum Gasteiger partial charge on any atom is 0.227 e. The van der Waals surface area contributed by atoms with E-state index in [-0.39, 0.29) is 24.2 Å². The van der Waals surface area contributed by atoms with Crippen molar-refractivity contribution in [2.45, 2.75) is 33.1 Å². The molecule has 1 aliphatic rings. The van der Waals surface area contributed by atoms with Crippen LogP contribution in [0.2, 0.25) is 0 Å². The minimum absolute atomic E-state index is 0.0155. The summed E-state index contributed by atoms with van der Waals surface area (Å²) in [5, 5.41) is 2.99. The molecule has 0 bridgehead atoms. The van der Waals surface area contributed by atoms with Gasteiger partial charge in [0.05, 0.1) is 5.92 Å². The molecule has 0 aliphatic carbocycles. The first-order chi connectivity index (χ1) is 12.5. The average molecular weight is 350 g/mol. The molecular weight excluding hydrogens is 324 g/mol. The zero-order valence-electron chi connectivity index (χ0n) is 15.5. The fourth-order valence-corrected chi connectivity index (χ4v) is 3.53. The van der Waals surface area contributed by atoms with Gasteiger partial charge in [0, 0.05) is 25.2 Å². The average Bonchev–Trinajstić information content (AvgIpc) is 3.00. The molecular formula is C22H26N2O2. The molecule has 1 aliphatic heterocycles. The van der Waals surface area contributed by atoms with Gasteiger partial charge in [-0.2, -0.15) is 0 Å². The number of nitrogens with one attached hydrogen (secondary N) is 1. The summed E-state index contributed by atoms with van der Waals surface area (Å²) in [7, 11) is 0. The van der Waals surface area contributed by atoms with Gasteiger partial charge < -0.3 is 10.2 Å². The van der Waals surface area contributed by atoms with E-state index < -0.39 is 0 Å². The first kappa shape index (κ1) is 18.2. The molecule has 1 fully saturated rings. The summed E-state index contributed by atoms with van der Waals surface area (Å²) in [4.78, 5) is 26.5. The van der Waals surface area contributed by atoms with Crippen LogP contribution in [0.3, 0.4) is 0 Å². The molecule has 2 aromatic carbocycles. The van der Waals surface area contributed by atoms with Gasteiger partial charge >= 0.3 is 0 Å². The maximum atomic E-state index is 12.4. The van der Waals surface area contributed by atoms with Gasteiger partial charge in [-0.15, -0.1) is 0 Å². The van der Waals surface area contributed by atoms with Crippen molar-refractivity contribution in [3.8, 4) is 0 Å². The number of rotatable bonds is 6. The van der Waals surface area contributed by atoms with Gasteiger partial charge in [0.2, 0.25) is 11.8 Å². The van der Waals surface area contributed by atoms with Crippen molar-refractivity contribution < 1.29 is 9.59 Å². The molecule has 1 heterocycles. The lowest BCUT2D eigenvalue weighted by molar-refractivity contribution is -0.126. The highest BCUT2D eigenvalue weighted by Crippen LogP contribution is 2.27. The van der Waals surface area contributed by atoms with Crippen LogP contribution in [0.5, 0.6) is 0 Å². The summed E-state index contributed by atoms with van der Waals surface area (Å²) in [6.45, 7) is 5.15. The van der Waals surface area contributed by atoms with Gasteiger partial charge in [-0.3, -0.25) is 9.59 Å². The van der Waals surface area contributed by atoms with E-state index in [9.17, 15) is 9.59 Å². The highest BCUT2D eigenvalue weighted by molar-refractivity contribution is 6.00.